The van der Waals surface area contributed by atoms with Crippen molar-refractivity contribution in [1.29, 1.82) is 0 Å². The summed E-state index contributed by atoms with van der Waals surface area (Å²) in [4.78, 5) is 15.5. The molecule has 0 unspecified atom stereocenters. The predicted octanol–water partition coefficient (Wildman–Crippen LogP) is 1.01. The summed E-state index contributed by atoms with van der Waals surface area (Å²) in [7, 11) is -2.97. The van der Waals surface area contributed by atoms with Gasteiger partial charge in [0.25, 0.3) is 5.91 Å². The molecule has 0 bridgehead atoms. The molecule has 0 fully saturated rings. The van der Waals surface area contributed by atoms with Crippen molar-refractivity contribution >= 4 is 31.7 Å². The van der Waals surface area contributed by atoms with Gasteiger partial charge >= 0.3 is 0 Å². The van der Waals surface area contributed by atoms with Crippen LogP contribution in [-0.2, 0) is 9.84 Å². The summed E-state index contributed by atoms with van der Waals surface area (Å²) in [5.74, 6) is -0.230. The van der Waals surface area contributed by atoms with Gasteiger partial charge in [0.2, 0.25) is 0 Å². The fraction of sp³-hybridized carbons (Fsp3) is 0.400. The van der Waals surface area contributed by atoms with E-state index in [4.69, 9.17) is 0 Å². The number of rotatable bonds is 5. The molecular weight excluding hydrogens is 308 g/mol. The molecular formula is C10H13BrN2O3S. The normalized spacial score (nSPS) is 11.2. The van der Waals surface area contributed by atoms with Crippen molar-refractivity contribution < 1.29 is 13.2 Å². The molecule has 94 valence electrons. The first-order chi connectivity index (χ1) is 7.88. The zero-order valence-corrected chi connectivity index (χ0v) is 11.7. The minimum absolute atomic E-state index is 0.0705. The number of nitrogens with zero attached hydrogens (tertiary/aromatic N) is 1. The number of aromatic nitrogens is 1. The van der Waals surface area contributed by atoms with Crippen LogP contribution in [-0.4, -0.2) is 37.9 Å². The summed E-state index contributed by atoms with van der Waals surface area (Å²) >= 11 is 3.22. The molecule has 0 saturated heterocycles. The molecule has 1 amide bonds. The highest BCUT2D eigenvalue weighted by molar-refractivity contribution is 9.10. The molecule has 0 radical (unpaired) electrons. The van der Waals surface area contributed by atoms with Crippen LogP contribution < -0.4 is 5.32 Å². The highest BCUT2D eigenvalue weighted by atomic mass is 79.9. The van der Waals surface area contributed by atoms with Gasteiger partial charge in [0.05, 0.1) is 5.75 Å². The van der Waals surface area contributed by atoms with Gasteiger partial charge in [-0.3, -0.25) is 4.79 Å². The lowest BCUT2D eigenvalue weighted by Crippen LogP contribution is -2.26. The maximum Gasteiger partial charge on any atom is 0.269 e. The molecule has 0 atom stereocenters. The first kappa shape index (κ1) is 14.1. The average molecular weight is 321 g/mol. The molecule has 17 heavy (non-hydrogen) atoms. The molecule has 1 aromatic heterocycles. The van der Waals surface area contributed by atoms with Crippen molar-refractivity contribution in [3.63, 3.8) is 0 Å². The molecule has 7 heteroatoms. The van der Waals surface area contributed by atoms with E-state index in [1.54, 1.807) is 12.1 Å². The van der Waals surface area contributed by atoms with E-state index in [0.29, 0.717) is 18.7 Å². The molecule has 1 N–H and O–H groups in total. The number of carbonyl (C=O) groups excluding carboxylic acids is 1. The van der Waals surface area contributed by atoms with Crippen LogP contribution in [0.5, 0.6) is 0 Å². The van der Waals surface area contributed by atoms with Crippen LogP contribution in [0.1, 0.15) is 16.9 Å². The fourth-order valence-electron chi connectivity index (χ4n) is 1.14. The second-order valence-electron chi connectivity index (χ2n) is 3.60. The van der Waals surface area contributed by atoms with Gasteiger partial charge in [0.15, 0.2) is 0 Å². The van der Waals surface area contributed by atoms with Crippen LogP contribution in [0.15, 0.2) is 22.8 Å². The van der Waals surface area contributed by atoms with Gasteiger partial charge in [0, 0.05) is 23.5 Å². The van der Waals surface area contributed by atoms with E-state index in [2.05, 4.69) is 26.2 Å². The average Bonchev–Trinajstić information content (AvgIpc) is 2.24. The molecule has 1 rings (SSSR count). The summed E-state index contributed by atoms with van der Waals surface area (Å²) in [5.41, 5.74) is 0.313. The quantitative estimate of drug-likeness (QED) is 0.821. The van der Waals surface area contributed by atoms with Crippen molar-refractivity contribution in [1.82, 2.24) is 10.3 Å². The predicted molar refractivity (Wildman–Crippen MR) is 68.6 cm³/mol. The van der Waals surface area contributed by atoms with E-state index in [1.165, 1.54) is 12.5 Å². The number of hydrogen-bond acceptors (Lipinski definition) is 4. The van der Waals surface area contributed by atoms with E-state index < -0.39 is 9.84 Å². The fourth-order valence-corrected chi connectivity index (χ4v) is 2.04. The number of amides is 1. The van der Waals surface area contributed by atoms with Crippen molar-refractivity contribution in [3.05, 3.63) is 28.5 Å². The van der Waals surface area contributed by atoms with E-state index >= 15 is 0 Å². The number of pyridine rings is 1. The standard InChI is InChI=1S/C10H13BrN2O3S/c1-17(15,16)6-2-5-12-10(14)9-4-3-8(11)7-13-9/h3-4,7H,2,5-6H2,1H3,(H,12,14). The Balaban J connectivity index is 2.38. The Labute approximate surface area is 109 Å². The number of halogens is 1. The lowest BCUT2D eigenvalue weighted by atomic mass is 10.3. The summed E-state index contributed by atoms with van der Waals surface area (Å²) in [6.07, 6.45) is 3.11. The van der Waals surface area contributed by atoms with Gasteiger partial charge in [-0.15, -0.1) is 0 Å². The third kappa shape index (κ3) is 5.78. The Bertz CT molecular complexity index is 485. The maximum absolute atomic E-state index is 11.5. The van der Waals surface area contributed by atoms with Crippen LogP contribution in [0.4, 0.5) is 0 Å². The minimum Gasteiger partial charge on any atom is -0.351 e. The van der Waals surface area contributed by atoms with E-state index in [-0.39, 0.29) is 11.7 Å². The largest absolute Gasteiger partial charge is 0.351 e. The number of carbonyl (C=O) groups is 1. The van der Waals surface area contributed by atoms with Crippen molar-refractivity contribution in [2.75, 3.05) is 18.6 Å². The Morgan fingerprint density at radius 2 is 2.18 bits per heavy atom. The maximum atomic E-state index is 11.5. The van der Waals surface area contributed by atoms with Crippen LogP contribution in [0, 0.1) is 0 Å². The molecule has 1 heterocycles. The van der Waals surface area contributed by atoms with Crippen LogP contribution in [0.2, 0.25) is 0 Å². The summed E-state index contributed by atoms with van der Waals surface area (Å²) in [6.45, 7) is 0.323. The van der Waals surface area contributed by atoms with Crippen molar-refractivity contribution in [3.8, 4) is 0 Å². The zero-order valence-electron chi connectivity index (χ0n) is 9.31. The Morgan fingerprint density at radius 3 is 2.71 bits per heavy atom. The van der Waals surface area contributed by atoms with Crippen molar-refractivity contribution in [2.45, 2.75) is 6.42 Å². The lowest BCUT2D eigenvalue weighted by molar-refractivity contribution is 0.0948. The first-order valence-corrected chi connectivity index (χ1v) is 7.81. The minimum atomic E-state index is -2.97. The molecule has 5 nitrogen and oxygen atoms in total. The SMILES string of the molecule is CS(=O)(=O)CCCNC(=O)c1ccc(Br)cn1. The highest BCUT2D eigenvalue weighted by Crippen LogP contribution is 2.07. The van der Waals surface area contributed by atoms with Crippen LogP contribution >= 0.6 is 15.9 Å². The number of sulfone groups is 1. The van der Waals surface area contributed by atoms with Gasteiger partial charge < -0.3 is 5.32 Å². The van der Waals surface area contributed by atoms with Gasteiger partial charge in [-0.2, -0.15) is 0 Å². The van der Waals surface area contributed by atoms with E-state index in [0.717, 1.165) is 4.47 Å². The van der Waals surface area contributed by atoms with Crippen LogP contribution in [0.25, 0.3) is 0 Å². The first-order valence-electron chi connectivity index (χ1n) is 4.96. The number of hydrogen-bond donors (Lipinski definition) is 1. The Hall–Kier alpha value is -0.950. The summed E-state index contributed by atoms with van der Waals surface area (Å²) < 4.78 is 22.5. The summed E-state index contributed by atoms with van der Waals surface area (Å²) in [5, 5.41) is 2.61. The third-order valence-electron chi connectivity index (χ3n) is 1.94. The van der Waals surface area contributed by atoms with E-state index in [1.807, 2.05) is 0 Å². The van der Waals surface area contributed by atoms with Gasteiger partial charge in [-0.25, -0.2) is 13.4 Å². The monoisotopic (exact) mass is 320 g/mol. The van der Waals surface area contributed by atoms with Gasteiger partial charge in [0.1, 0.15) is 15.5 Å². The Morgan fingerprint density at radius 1 is 1.47 bits per heavy atom. The number of nitrogens with one attached hydrogen (secondary N) is 1. The second-order valence-corrected chi connectivity index (χ2v) is 6.78. The second kappa shape index (κ2) is 6.11. The zero-order chi connectivity index (χ0) is 12.9. The molecule has 0 aliphatic carbocycles. The summed E-state index contributed by atoms with van der Waals surface area (Å²) in [6, 6.07) is 3.31. The molecule has 0 aliphatic rings. The van der Waals surface area contributed by atoms with Crippen molar-refractivity contribution in [2.24, 2.45) is 0 Å². The molecule has 0 spiro atoms. The Kier molecular flexibility index (Phi) is 5.07. The third-order valence-corrected chi connectivity index (χ3v) is 3.44. The molecule has 0 aromatic carbocycles. The van der Waals surface area contributed by atoms with Gasteiger partial charge in [-0.1, -0.05) is 0 Å². The topological polar surface area (TPSA) is 76.1 Å². The molecule has 0 saturated carbocycles. The molecule has 0 aliphatic heterocycles. The van der Waals surface area contributed by atoms with Crippen LogP contribution in [0.3, 0.4) is 0 Å². The highest BCUT2D eigenvalue weighted by Gasteiger charge is 2.07. The smallest absolute Gasteiger partial charge is 0.269 e. The molecule has 1 aromatic rings. The lowest BCUT2D eigenvalue weighted by Gasteiger charge is -2.03. The van der Waals surface area contributed by atoms with Gasteiger partial charge in [-0.05, 0) is 34.5 Å². The van der Waals surface area contributed by atoms with E-state index in [9.17, 15) is 13.2 Å².